The normalized spacial score (nSPS) is 24.6. The first kappa shape index (κ1) is 20.7. The van der Waals surface area contributed by atoms with E-state index in [0.29, 0.717) is 11.5 Å². The average Bonchev–Trinajstić information content (AvgIpc) is 3.33. The monoisotopic (exact) mass is 399 g/mol. The fraction of sp³-hybridized carbons (Fsp3) is 0.783. The number of aromatic nitrogens is 2. The number of likely N-dealkylation sites (tertiary alicyclic amines) is 2. The molecule has 4 rings (SSSR count). The van der Waals surface area contributed by atoms with Crippen molar-refractivity contribution in [2.75, 3.05) is 45.8 Å². The minimum Gasteiger partial charge on any atom is -0.337 e. The largest absolute Gasteiger partial charge is 0.337 e. The summed E-state index contributed by atoms with van der Waals surface area (Å²) in [5.74, 6) is 0.708. The van der Waals surface area contributed by atoms with E-state index in [0.717, 1.165) is 32.2 Å². The summed E-state index contributed by atoms with van der Waals surface area (Å²) in [5.41, 5.74) is 0.669. The molecule has 0 unspecified atom stereocenters. The SMILES string of the molecule is O=C(c1ccnnc1)N(CCN1CCCCC1)C[C@H]1CCCN(C2CCCC2)C1. The molecule has 3 aliphatic rings. The zero-order chi connectivity index (χ0) is 19.9. The van der Waals surface area contributed by atoms with Crippen LogP contribution in [0.3, 0.4) is 0 Å². The number of amides is 1. The van der Waals surface area contributed by atoms with E-state index >= 15 is 0 Å². The Kier molecular flexibility index (Phi) is 7.49. The van der Waals surface area contributed by atoms with Crippen molar-refractivity contribution in [1.29, 1.82) is 0 Å². The molecular weight excluding hydrogens is 362 g/mol. The lowest BCUT2D eigenvalue weighted by molar-refractivity contribution is 0.0609. The molecule has 0 radical (unpaired) electrons. The van der Waals surface area contributed by atoms with Crippen LogP contribution in [0, 0.1) is 5.92 Å². The maximum atomic E-state index is 13.3. The summed E-state index contributed by atoms with van der Waals surface area (Å²) in [5, 5.41) is 7.77. The molecule has 0 spiro atoms. The molecular formula is C23H37N5O. The number of carbonyl (C=O) groups excluding carboxylic acids is 1. The zero-order valence-electron chi connectivity index (χ0n) is 17.8. The Balaban J connectivity index is 1.38. The van der Waals surface area contributed by atoms with Crippen molar-refractivity contribution in [1.82, 2.24) is 24.9 Å². The molecule has 2 aliphatic heterocycles. The summed E-state index contributed by atoms with van der Waals surface area (Å²) in [6.45, 7) is 7.45. The molecule has 6 nitrogen and oxygen atoms in total. The van der Waals surface area contributed by atoms with Gasteiger partial charge in [-0.15, -0.1) is 0 Å². The fourth-order valence-corrected chi connectivity index (χ4v) is 5.48. The summed E-state index contributed by atoms with van der Waals surface area (Å²) in [6.07, 6.45) is 15.2. The third-order valence-electron chi connectivity index (χ3n) is 7.12. The standard InChI is InChI=1S/C23H37N5O/c29-23(21-10-11-24-25-17-21)28(16-15-26-12-4-1-5-13-26)19-20-7-6-14-27(18-20)22-8-2-3-9-22/h10-11,17,20,22H,1-9,12-16,18-19H2/t20-/m0/s1. The molecule has 1 amide bonds. The van der Waals surface area contributed by atoms with Crippen LogP contribution in [-0.2, 0) is 0 Å². The predicted molar refractivity (Wildman–Crippen MR) is 115 cm³/mol. The lowest BCUT2D eigenvalue weighted by Gasteiger charge is -2.39. The maximum absolute atomic E-state index is 13.3. The summed E-state index contributed by atoms with van der Waals surface area (Å²) in [7, 11) is 0. The van der Waals surface area contributed by atoms with E-state index in [-0.39, 0.29) is 5.91 Å². The van der Waals surface area contributed by atoms with E-state index in [9.17, 15) is 4.79 Å². The van der Waals surface area contributed by atoms with Crippen molar-refractivity contribution in [2.45, 2.75) is 63.8 Å². The first-order chi connectivity index (χ1) is 14.3. The van der Waals surface area contributed by atoms with Crippen LogP contribution in [0.25, 0.3) is 0 Å². The molecule has 2 saturated heterocycles. The molecule has 6 heteroatoms. The van der Waals surface area contributed by atoms with E-state index in [1.54, 1.807) is 18.5 Å². The van der Waals surface area contributed by atoms with Gasteiger partial charge in [0.15, 0.2) is 0 Å². The van der Waals surface area contributed by atoms with Gasteiger partial charge in [0.2, 0.25) is 0 Å². The van der Waals surface area contributed by atoms with Crippen LogP contribution in [0.4, 0.5) is 0 Å². The molecule has 1 aromatic rings. The van der Waals surface area contributed by atoms with Gasteiger partial charge in [-0.25, -0.2) is 0 Å². The second-order valence-corrected chi connectivity index (χ2v) is 9.23. The molecule has 0 N–H and O–H groups in total. The third-order valence-corrected chi connectivity index (χ3v) is 7.12. The average molecular weight is 400 g/mol. The van der Waals surface area contributed by atoms with Crippen LogP contribution in [0.15, 0.2) is 18.5 Å². The van der Waals surface area contributed by atoms with Crippen molar-refractivity contribution >= 4 is 5.91 Å². The molecule has 0 bridgehead atoms. The highest BCUT2D eigenvalue weighted by molar-refractivity contribution is 5.93. The highest BCUT2D eigenvalue weighted by Gasteiger charge is 2.30. The molecule has 0 aromatic carbocycles. The number of nitrogens with zero attached hydrogens (tertiary/aromatic N) is 5. The third kappa shape index (κ3) is 5.76. The van der Waals surface area contributed by atoms with Gasteiger partial charge in [-0.05, 0) is 70.1 Å². The zero-order valence-corrected chi connectivity index (χ0v) is 17.8. The summed E-state index contributed by atoms with van der Waals surface area (Å²) in [4.78, 5) is 20.6. The first-order valence-electron chi connectivity index (χ1n) is 11.8. The summed E-state index contributed by atoms with van der Waals surface area (Å²) < 4.78 is 0. The Labute approximate surface area is 175 Å². The highest BCUT2D eigenvalue weighted by Crippen LogP contribution is 2.28. The Morgan fingerprint density at radius 1 is 1.00 bits per heavy atom. The minimum atomic E-state index is 0.120. The van der Waals surface area contributed by atoms with Crippen LogP contribution in [0.1, 0.15) is 68.1 Å². The van der Waals surface area contributed by atoms with E-state index in [1.807, 2.05) is 0 Å². The molecule has 1 saturated carbocycles. The first-order valence-corrected chi connectivity index (χ1v) is 11.8. The van der Waals surface area contributed by atoms with Gasteiger partial charge in [-0.2, -0.15) is 10.2 Å². The van der Waals surface area contributed by atoms with Crippen molar-refractivity contribution in [3.05, 3.63) is 24.0 Å². The van der Waals surface area contributed by atoms with Crippen LogP contribution in [0.5, 0.6) is 0 Å². The Morgan fingerprint density at radius 2 is 1.83 bits per heavy atom. The van der Waals surface area contributed by atoms with E-state index in [1.165, 1.54) is 77.4 Å². The van der Waals surface area contributed by atoms with E-state index < -0.39 is 0 Å². The van der Waals surface area contributed by atoms with Gasteiger partial charge in [0.05, 0.1) is 18.0 Å². The molecule has 3 heterocycles. The van der Waals surface area contributed by atoms with Gasteiger partial charge >= 0.3 is 0 Å². The number of hydrogen-bond acceptors (Lipinski definition) is 5. The number of rotatable bonds is 7. The van der Waals surface area contributed by atoms with E-state index in [2.05, 4.69) is 24.9 Å². The highest BCUT2D eigenvalue weighted by atomic mass is 16.2. The lowest BCUT2D eigenvalue weighted by atomic mass is 9.95. The Hall–Kier alpha value is -1.53. The van der Waals surface area contributed by atoms with Crippen LogP contribution in [0.2, 0.25) is 0 Å². The van der Waals surface area contributed by atoms with Crippen molar-refractivity contribution in [2.24, 2.45) is 5.92 Å². The molecule has 29 heavy (non-hydrogen) atoms. The number of piperidine rings is 2. The molecule has 3 fully saturated rings. The van der Waals surface area contributed by atoms with Gasteiger partial charge in [-0.1, -0.05) is 19.3 Å². The maximum Gasteiger partial charge on any atom is 0.255 e. The van der Waals surface area contributed by atoms with Crippen LogP contribution >= 0.6 is 0 Å². The number of hydrogen-bond donors (Lipinski definition) is 0. The van der Waals surface area contributed by atoms with Gasteiger partial charge in [0.25, 0.3) is 5.91 Å². The van der Waals surface area contributed by atoms with Crippen LogP contribution in [-0.4, -0.2) is 82.7 Å². The number of carbonyl (C=O) groups is 1. The Morgan fingerprint density at radius 3 is 2.59 bits per heavy atom. The quantitative estimate of drug-likeness (QED) is 0.705. The molecule has 160 valence electrons. The lowest BCUT2D eigenvalue weighted by Crippen LogP contribution is -2.47. The van der Waals surface area contributed by atoms with Gasteiger partial charge < -0.3 is 14.7 Å². The fourth-order valence-electron chi connectivity index (χ4n) is 5.48. The van der Waals surface area contributed by atoms with Crippen molar-refractivity contribution in [3.63, 3.8) is 0 Å². The second-order valence-electron chi connectivity index (χ2n) is 9.23. The van der Waals surface area contributed by atoms with Crippen molar-refractivity contribution in [3.8, 4) is 0 Å². The molecule has 1 atom stereocenters. The summed E-state index contributed by atoms with van der Waals surface area (Å²) in [6, 6.07) is 2.59. The van der Waals surface area contributed by atoms with Gasteiger partial charge in [0, 0.05) is 32.2 Å². The summed E-state index contributed by atoms with van der Waals surface area (Å²) >= 11 is 0. The van der Waals surface area contributed by atoms with E-state index in [4.69, 9.17) is 0 Å². The topological polar surface area (TPSA) is 52.6 Å². The Bertz CT molecular complexity index is 627. The van der Waals surface area contributed by atoms with Crippen LogP contribution < -0.4 is 0 Å². The van der Waals surface area contributed by atoms with Gasteiger partial charge in [0.1, 0.15) is 0 Å². The van der Waals surface area contributed by atoms with Gasteiger partial charge in [-0.3, -0.25) is 4.79 Å². The molecule has 1 aliphatic carbocycles. The molecule has 1 aromatic heterocycles. The minimum absolute atomic E-state index is 0.120. The predicted octanol–water partition coefficient (Wildman–Crippen LogP) is 3.06. The smallest absolute Gasteiger partial charge is 0.255 e. The second kappa shape index (κ2) is 10.5. The van der Waals surface area contributed by atoms with Crippen molar-refractivity contribution < 1.29 is 4.79 Å².